The number of anilines is 1. The van der Waals surface area contributed by atoms with Crippen LogP contribution in [0.1, 0.15) is 6.92 Å². The van der Waals surface area contributed by atoms with Gasteiger partial charge in [-0.25, -0.2) is 22.6 Å². The molecule has 122 valence electrons. The number of allylic oxidation sites excluding steroid dienone is 1. The van der Waals surface area contributed by atoms with Crippen molar-refractivity contribution in [3.63, 3.8) is 0 Å². The van der Waals surface area contributed by atoms with Crippen molar-refractivity contribution in [3.05, 3.63) is 51.1 Å². The Bertz CT molecular complexity index is 743. The van der Waals surface area contributed by atoms with Gasteiger partial charge in [0.1, 0.15) is 35.1 Å². The van der Waals surface area contributed by atoms with E-state index in [1.807, 2.05) is 0 Å². The van der Waals surface area contributed by atoms with E-state index in [9.17, 15) is 17.6 Å². The maximum Gasteiger partial charge on any atom is 0.188 e. The van der Waals surface area contributed by atoms with Gasteiger partial charge in [0, 0.05) is 0 Å². The molecule has 0 amide bonds. The molecule has 2 rings (SSSR count). The van der Waals surface area contributed by atoms with Gasteiger partial charge in [-0.15, -0.1) is 0 Å². The van der Waals surface area contributed by atoms with Gasteiger partial charge in [0.25, 0.3) is 0 Å². The molecule has 1 aliphatic rings. The molecule has 0 fully saturated rings. The summed E-state index contributed by atoms with van der Waals surface area (Å²) in [6.45, 7) is 1.81. The van der Waals surface area contributed by atoms with Gasteiger partial charge in [-0.3, -0.25) is 5.43 Å². The van der Waals surface area contributed by atoms with Crippen molar-refractivity contribution in [3.8, 4) is 6.07 Å². The molecule has 0 saturated heterocycles. The minimum atomic E-state index is -1.67. The van der Waals surface area contributed by atoms with Crippen LogP contribution in [0.3, 0.4) is 0 Å². The van der Waals surface area contributed by atoms with Gasteiger partial charge < -0.3 is 10.5 Å². The van der Waals surface area contributed by atoms with Crippen LogP contribution in [0, 0.1) is 34.6 Å². The molecule has 0 radical (unpaired) electrons. The van der Waals surface area contributed by atoms with Gasteiger partial charge in [0.15, 0.2) is 23.3 Å². The number of hydrazine groups is 1. The number of benzene rings is 1. The van der Waals surface area contributed by atoms with Crippen molar-refractivity contribution in [1.82, 2.24) is 5.43 Å². The number of ether oxygens (including phenoxy) is 1. The van der Waals surface area contributed by atoms with Crippen LogP contribution >= 0.6 is 15.9 Å². The van der Waals surface area contributed by atoms with Gasteiger partial charge >= 0.3 is 0 Å². The molecular weight excluding hydrogens is 384 g/mol. The van der Waals surface area contributed by atoms with Crippen LogP contribution in [0.4, 0.5) is 23.2 Å². The molecule has 1 aromatic rings. The van der Waals surface area contributed by atoms with E-state index in [0.29, 0.717) is 5.01 Å². The van der Waals surface area contributed by atoms with Crippen LogP contribution in [0.25, 0.3) is 0 Å². The lowest BCUT2D eigenvalue weighted by atomic mass is 10.2. The summed E-state index contributed by atoms with van der Waals surface area (Å²) >= 11 is 2.42. The largest absolute Gasteiger partial charge is 0.499 e. The van der Waals surface area contributed by atoms with Gasteiger partial charge in [-0.1, -0.05) is 0 Å². The topological polar surface area (TPSA) is 74.3 Å². The molecule has 1 heterocycles. The Balaban J connectivity index is 2.66. The predicted octanol–water partition coefficient (Wildman–Crippen LogP) is 2.90. The van der Waals surface area contributed by atoms with E-state index in [2.05, 4.69) is 21.4 Å². The SMILES string of the molecule is CCOC=C1C(C#N)=C(N)NN1c1c(F)c(F)c(Br)c(F)c1F. The number of nitrogens with two attached hydrogens (primary N) is 1. The van der Waals surface area contributed by atoms with Crippen LogP contribution in [-0.4, -0.2) is 6.61 Å². The maximum atomic E-state index is 14.1. The van der Waals surface area contributed by atoms with Crippen LogP contribution in [-0.2, 0) is 4.74 Å². The van der Waals surface area contributed by atoms with Crippen molar-refractivity contribution in [2.24, 2.45) is 5.73 Å². The normalized spacial score (nSPS) is 15.9. The number of hydrogen-bond donors (Lipinski definition) is 2. The van der Waals surface area contributed by atoms with Gasteiger partial charge in [-0.05, 0) is 22.9 Å². The van der Waals surface area contributed by atoms with Crippen molar-refractivity contribution >= 4 is 21.6 Å². The second-order valence-electron chi connectivity index (χ2n) is 4.22. The molecule has 0 saturated carbocycles. The van der Waals surface area contributed by atoms with Crippen LogP contribution in [0.5, 0.6) is 0 Å². The predicted molar refractivity (Wildman–Crippen MR) is 76.1 cm³/mol. The third-order valence-corrected chi connectivity index (χ3v) is 3.58. The van der Waals surface area contributed by atoms with E-state index >= 15 is 0 Å². The molecule has 5 nitrogen and oxygen atoms in total. The summed E-state index contributed by atoms with van der Waals surface area (Å²) < 4.78 is 59.6. The number of hydrogen-bond acceptors (Lipinski definition) is 5. The molecule has 23 heavy (non-hydrogen) atoms. The summed E-state index contributed by atoms with van der Waals surface area (Å²) in [4.78, 5) is 0. The molecular formula is C13H9BrF4N4O. The lowest BCUT2D eigenvalue weighted by Gasteiger charge is -2.22. The summed E-state index contributed by atoms with van der Waals surface area (Å²) in [6.07, 6.45) is 1.00. The molecule has 1 aliphatic heterocycles. The highest BCUT2D eigenvalue weighted by Crippen LogP contribution is 2.37. The van der Waals surface area contributed by atoms with E-state index < -0.39 is 33.4 Å². The second-order valence-corrected chi connectivity index (χ2v) is 5.02. The number of rotatable bonds is 3. The number of nitrogens with one attached hydrogen (secondary N) is 1. The summed E-state index contributed by atoms with van der Waals surface area (Å²) in [5.41, 5.74) is 6.35. The second kappa shape index (κ2) is 6.37. The van der Waals surface area contributed by atoms with Gasteiger partial charge in [0.05, 0.1) is 11.1 Å². The summed E-state index contributed by atoms with van der Waals surface area (Å²) in [5, 5.41) is 9.67. The molecule has 0 aliphatic carbocycles. The average molecular weight is 393 g/mol. The smallest absolute Gasteiger partial charge is 0.188 e. The van der Waals surface area contributed by atoms with Crippen LogP contribution < -0.4 is 16.2 Å². The van der Waals surface area contributed by atoms with E-state index in [4.69, 9.17) is 15.7 Å². The highest BCUT2D eigenvalue weighted by Gasteiger charge is 2.35. The van der Waals surface area contributed by atoms with Crippen molar-refractivity contribution in [2.45, 2.75) is 6.92 Å². The Hall–Kier alpha value is -2.41. The standard InChI is InChI=1S/C13H9BrF4N4O/c1-2-23-4-6-5(3-19)13(20)21-22(6)12-10(17)8(15)7(14)9(16)11(12)18/h4,21H,2,20H2,1H3. The molecule has 0 spiro atoms. The number of nitriles is 1. The number of halogens is 5. The van der Waals surface area contributed by atoms with E-state index in [1.54, 1.807) is 13.0 Å². The average Bonchev–Trinajstić information content (AvgIpc) is 2.84. The summed E-state index contributed by atoms with van der Waals surface area (Å²) in [6, 6.07) is 1.71. The van der Waals surface area contributed by atoms with Crippen LogP contribution in [0.2, 0.25) is 0 Å². The Labute approximate surface area is 136 Å². The third kappa shape index (κ3) is 2.68. The van der Waals surface area contributed by atoms with Crippen LogP contribution in [0.15, 0.2) is 27.8 Å². The first-order chi connectivity index (χ1) is 10.8. The number of nitrogens with zero attached hydrogens (tertiary/aromatic N) is 2. The fraction of sp³-hybridized carbons (Fsp3) is 0.154. The molecule has 3 N–H and O–H groups in total. The maximum absolute atomic E-state index is 14.1. The summed E-state index contributed by atoms with van der Waals surface area (Å²) in [5.74, 6) is -6.84. The van der Waals surface area contributed by atoms with E-state index in [-0.39, 0.29) is 23.7 Å². The summed E-state index contributed by atoms with van der Waals surface area (Å²) in [7, 11) is 0. The Morgan fingerprint density at radius 3 is 2.30 bits per heavy atom. The lowest BCUT2D eigenvalue weighted by molar-refractivity contribution is 0.266. The fourth-order valence-corrected chi connectivity index (χ4v) is 2.19. The minimum Gasteiger partial charge on any atom is -0.499 e. The van der Waals surface area contributed by atoms with Gasteiger partial charge in [-0.2, -0.15) is 5.26 Å². The Morgan fingerprint density at radius 1 is 1.26 bits per heavy atom. The van der Waals surface area contributed by atoms with E-state index in [0.717, 1.165) is 6.26 Å². The minimum absolute atomic E-state index is 0.185. The zero-order valence-corrected chi connectivity index (χ0v) is 13.1. The first kappa shape index (κ1) is 17.0. The first-order valence-electron chi connectivity index (χ1n) is 6.15. The first-order valence-corrected chi connectivity index (χ1v) is 6.94. The Morgan fingerprint density at radius 2 is 1.83 bits per heavy atom. The molecule has 0 aromatic heterocycles. The zero-order chi connectivity index (χ0) is 17.3. The van der Waals surface area contributed by atoms with E-state index in [1.165, 1.54) is 0 Å². The Kier molecular flexibility index (Phi) is 4.70. The highest BCUT2D eigenvalue weighted by molar-refractivity contribution is 9.10. The van der Waals surface area contributed by atoms with Crippen molar-refractivity contribution in [1.29, 1.82) is 5.26 Å². The van der Waals surface area contributed by atoms with Crippen molar-refractivity contribution < 1.29 is 22.3 Å². The molecule has 10 heteroatoms. The zero-order valence-electron chi connectivity index (χ0n) is 11.6. The molecule has 1 aromatic carbocycles. The van der Waals surface area contributed by atoms with Gasteiger partial charge in [0.2, 0.25) is 0 Å². The monoisotopic (exact) mass is 392 g/mol. The fourth-order valence-electron chi connectivity index (χ4n) is 1.84. The third-order valence-electron chi connectivity index (χ3n) is 2.88. The molecule has 0 bridgehead atoms. The lowest BCUT2D eigenvalue weighted by Crippen LogP contribution is -2.35. The molecule has 0 unspecified atom stereocenters. The van der Waals surface area contributed by atoms with Crippen molar-refractivity contribution in [2.75, 3.05) is 11.6 Å². The highest BCUT2D eigenvalue weighted by atomic mass is 79.9. The quantitative estimate of drug-likeness (QED) is 0.358. The molecule has 0 atom stereocenters.